The predicted octanol–water partition coefficient (Wildman–Crippen LogP) is -4.40. The van der Waals surface area contributed by atoms with Gasteiger partial charge in [0.1, 0.15) is 0 Å². The Labute approximate surface area is 162 Å². The van der Waals surface area contributed by atoms with E-state index in [1.807, 2.05) is 0 Å². The molecule has 2 rings (SSSR count). The topological polar surface area (TPSA) is 24.9 Å². The molecule has 0 amide bonds. The van der Waals surface area contributed by atoms with Crippen molar-refractivity contribution in [2.24, 2.45) is 0 Å². The second-order valence-corrected chi connectivity index (χ2v) is 6.39. The van der Waals surface area contributed by atoms with E-state index in [9.17, 15) is 0 Å². The Morgan fingerprint density at radius 1 is 0.682 bits per heavy atom. The fourth-order valence-corrected chi connectivity index (χ4v) is 3.45. The molecule has 4 nitrogen and oxygen atoms in total. The van der Waals surface area contributed by atoms with Gasteiger partial charge < -0.3 is 34.3 Å². The number of halogens is 2. The molecule has 2 fully saturated rings. The summed E-state index contributed by atoms with van der Waals surface area (Å²) in [6, 6.07) is 0. The Bertz CT molecular complexity index is 244. The van der Waals surface area contributed by atoms with Crippen LogP contribution in [0.1, 0.15) is 34.1 Å². The molecule has 0 bridgehead atoms. The summed E-state index contributed by atoms with van der Waals surface area (Å²) in [5, 5.41) is 0. The summed E-state index contributed by atoms with van der Waals surface area (Å²) in [7, 11) is 0. The van der Waals surface area contributed by atoms with Crippen LogP contribution < -0.4 is 24.8 Å². The van der Waals surface area contributed by atoms with E-state index < -0.39 is 0 Å². The van der Waals surface area contributed by atoms with Crippen LogP contribution >= 0.6 is 0 Å². The molecule has 2 heterocycles. The molecule has 0 aliphatic carbocycles. The van der Waals surface area contributed by atoms with Gasteiger partial charge in [0.25, 0.3) is 0 Å². The monoisotopic (exact) mass is 535 g/mol. The van der Waals surface area contributed by atoms with E-state index in [1.165, 1.54) is 19.5 Å². The van der Waals surface area contributed by atoms with Gasteiger partial charge in [-0.25, -0.2) is 0 Å². The van der Waals surface area contributed by atoms with Crippen LogP contribution in [0.3, 0.4) is 0 Å². The first-order chi connectivity index (χ1) is 9.02. The van der Waals surface area contributed by atoms with Crippen LogP contribution in [0.15, 0.2) is 0 Å². The first kappa shape index (κ1) is 25.3. The van der Waals surface area contributed by atoms with E-state index in [-0.39, 0.29) is 45.9 Å². The maximum Gasteiger partial charge on any atom is 2.00 e. The zero-order chi connectivity index (χ0) is 13.8. The molecule has 4 atom stereocenters. The molecular formula is C15H30Cl2N2O2Pt. The van der Waals surface area contributed by atoms with E-state index in [4.69, 9.17) is 9.47 Å². The maximum absolute atomic E-state index is 5.77. The van der Waals surface area contributed by atoms with Crippen molar-refractivity contribution in [3.63, 3.8) is 0 Å². The van der Waals surface area contributed by atoms with Crippen molar-refractivity contribution >= 4 is 0 Å². The molecule has 0 aromatic heterocycles. The van der Waals surface area contributed by atoms with Crippen molar-refractivity contribution in [1.29, 1.82) is 0 Å². The third-order valence-electron chi connectivity index (χ3n) is 3.94. The van der Waals surface area contributed by atoms with Gasteiger partial charge in [-0.1, -0.05) is 0 Å². The molecule has 0 aromatic rings. The molecule has 4 unspecified atom stereocenters. The summed E-state index contributed by atoms with van der Waals surface area (Å²) >= 11 is 0. The Hall–Kier alpha value is 1.11. The van der Waals surface area contributed by atoms with Crippen LogP contribution in [-0.2, 0) is 30.5 Å². The largest absolute Gasteiger partial charge is 2.00 e. The molecule has 7 heteroatoms. The molecule has 2 aliphatic heterocycles. The van der Waals surface area contributed by atoms with E-state index in [1.54, 1.807) is 0 Å². The Kier molecular flexibility index (Phi) is 14.4. The maximum atomic E-state index is 5.77. The Morgan fingerprint density at radius 2 is 0.955 bits per heavy atom. The first-order valence-electron chi connectivity index (χ1n) is 7.78. The van der Waals surface area contributed by atoms with Crippen LogP contribution in [0.2, 0.25) is 0 Å². The second-order valence-electron chi connectivity index (χ2n) is 6.39. The summed E-state index contributed by atoms with van der Waals surface area (Å²) in [6.45, 7) is 15.4. The fourth-order valence-electron chi connectivity index (χ4n) is 3.45. The average molecular weight is 536 g/mol. The number of nitrogens with zero attached hydrogens (tertiary/aromatic N) is 2. The van der Waals surface area contributed by atoms with Gasteiger partial charge in [0, 0.05) is 26.2 Å². The molecule has 0 N–H and O–H groups in total. The average Bonchev–Trinajstić information content (AvgIpc) is 2.26. The van der Waals surface area contributed by atoms with Gasteiger partial charge in [-0.05, 0) is 47.2 Å². The normalized spacial score (nSPS) is 33.3. The molecule has 2 saturated heterocycles. The standard InChI is InChI=1S/C15H30N2O2.2ClH.Pt/c1-12-8-16(9-13(2)18-12)6-5-7-17-10-14(3)19-15(4)11-17;;;/h12-15H,5-11H2,1-4H3;2*1H;/q;;;+2/p-2. The van der Waals surface area contributed by atoms with Gasteiger partial charge in [0.15, 0.2) is 0 Å². The van der Waals surface area contributed by atoms with Crippen molar-refractivity contribution in [2.45, 2.75) is 58.5 Å². The molecule has 0 spiro atoms. The molecule has 0 radical (unpaired) electrons. The third kappa shape index (κ3) is 8.82. The van der Waals surface area contributed by atoms with E-state index in [0.29, 0.717) is 24.4 Å². The van der Waals surface area contributed by atoms with Crippen molar-refractivity contribution < 1.29 is 55.4 Å². The number of hydrogen-bond donors (Lipinski definition) is 0. The zero-order valence-corrected chi connectivity index (χ0v) is 17.8. The van der Waals surface area contributed by atoms with E-state index in [2.05, 4.69) is 37.5 Å². The minimum atomic E-state index is 0. The molecule has 0 aromatic carbocycles. The van der Waals surface area contributed by atoms with Gasteiger partial charge in [-0.2, -0.15) is 0 Å². The Balaban J connectivity index is 0. The first-order valence-corrected chi connectivity index (χ1v) is 7.78. The Morgan fingerprint density at radius 3 is 1.23 bits per heavy atom. The quantitative estimate of drug-likeness (QED) is 0.363. The van der Waals surface area contributed by atoms with Gasteiger partial charge in [-0.3, -0.25) is 9.80 Å². The summed E-state index contributed by atoms with van der Waals surface area (Å²) in [4.78, 5) is 5.10. The fraction of sp³-hybridized carbons (Fsp3) is 1.00. The molecule has 0 saturated carbocycles. The predicted molar refractivity (Wildman–Crippen MR) is 77.5 cm³/mol. The van der Waals surface area contributed by atoms with Crippen LogP contribution in [0.5, 0.6) is 0 Å². The second kappa shape index (κ2) is 12.5. The van der Waals surface area contributed by atoms with Crippen molar-refractivity contribution in [2.75, 3.05) is 39.3 Å². The molecular weight excluding hydrogens is 506 g/mol. The van der Waals surface area contributed by atoms with Crippen LogP contribution in [-0.4, -0.2) is 73.5 Å². The molecule has 22 heavy (non-hydrogen) atoms. The van der Waals surface area contributed by atoms with Gasteiger partial charge in [0.05, 0.1) is 24.4 Å². The SMILES string of the molecule is CC1CN(CCCN2CC(C)OC(C)C2)CC(C)O1.[Cl-].[Cl-].[Pt+2]. The molecule has 2 aliphatic rings. The van der Waals surface area contributed by atoms with Crippen molar-refractivity contribution in [3.05, 3.63) is 0 Å². The van der Waals surface area contributed by atoms with Crippen LogP contribution in [0, 0.1) is 0 Å². The minimum Gasteiger partial charge on any atom is -1.00 e. The summed E-state index contributed by atoms with van der Waals surface area (Å²) in [5.74, 6) is 0. The number of rotatable bonds is 4. The summed E-state index contributed by atoms with van der Waals surface area (Å²) in [6.07, 6.45) is 2.78. The van der Waals surface area contributed by atoms with E-state index in [0.717, 1.165) is 26.2 Å². The van der Waals surface area contributed by atoms with E-state index >= 15 is 0 Å². The number of ether oxygens (including phenoxy) is 2. The number of hydrogen-bond acceptors (Lipinski definition) is 4. The molecule has 136 valence electrons. The van der Waals surface area contributed by atoms with Crippen molar-refractivity contribution in [3.8, 4) is 0 Å². The van der Waals surface area contributed by atoms with Crippen molar-refractivity contribution in [1.82, 2.24) is 9.80 Å². The minimum absolute atomic E-state index is 0. The van der Waals surface area contributed by atoms with Gasteiger partial charge in [0.2, 0.25) is 0 Å². The number of morpholine rings is 2. The third-order valence-corrected chi connectivity index (χ3v) is 3.94. The van der Waals surface area contributed by atoms with Gasteiger partial charge >= 0.3 is 21.1 Å². The smallest absolute Gasteiger partial charge is 1.00 e. The summed E-state index contributed by atoms with van der Waals surface area (Å²) in [5.41, 5.74) is 0. The van der Waals surface area contributed by atoms with Crippen LogP contribution in [0.4, 0.5) is 0 Å². The zero-order valence-electron chi connectivity index (χ0n) is 14.0. The summed E-state index contributed by atoms with van der Waals surface area (Å²) < 4.78 is 11.5. The van der Waals surface area contributed by atoms with Crippen LogP contribution in [0.25, 0.3) is 0 Å². The van der Waals surface area contributed by atoms with Gasteiger partial charge in [-0.15, -0.1) is 0 Å².